The average molecular weight is 506 g/mol. The normalized spacial score (nSPS) is 13.5. The summed E-state index contributed by atoms with van der Waals surface area (Å²) in [5.41, 5.74) is 4.83. The number of rotatable bonds is 7. The van der Waals surface area contributed by atoms with Gasteiger partial charge in [-0.3, -0.25) is 4.90 Å². The van der Waals surface area contributed by atoms with E-state index in [0.29, 0.717) is 17.9 Å². The number of amides is 1. The van der Waals surface area contributed by atoms with Gasteiger partial charge in [0.2, 0.25) is 0 Å². The molecule has 0 radical (unpaired) electrons. The lowest BCUT2D eigenvalue weighted by atomic mass is 9.98. The summed E-state index contributed by atoms with van der Waals surface area (Å²) in [6.07, 6.45) is 0.316. The summed E-state index contributed by atoms with van der Waals surface area (Å²) < 4.78 is 11.4. The third kappa shape index (κ3) is 5.73. The molecule has 36 heavy (non-hydrogen) atoms. The number of likely N-dealkylation sites (N-methyl/N-ethyl adjacent to an activating group) is 1. The van der Waals surface area contributed by atoms with Gasteiger partial charge in [0, 0.05) is 18.0 Å². The lowest BCUT2D eigenvalue weighted by Gasteiger charge is -2.30. The van der Waals surface area contributed by atoms with Crippen LogP contribution in [0.2, 0.25) is 5.02 Å². The molecule has 0 fully saturated rings. The number of nitrogens with zero attached hydrogens (tertiary/aromatic N) is 1. The number of fused-ring (bicyclic) bond motifs is 3. The average Bonchev–Trinajstić information content (AvgIpc) is 3.16. The summed E-state index contributed by atoms with van der Waals surface area (Å²) in [7, 11) is 1.58. The zero-order chi connectivity index (χ0) is 25.9. The van der Waals surface area contributed by atoms with Crippen LogP contribution < -0.4 is 0 Å². The monoisotopic (exact) mass is 505 g/mol. The Bertz CT molecular complexity index is 1200. The van der Waals surface area contributed by atoms with Crippen molar-refractivity contribution in [2.75, 3.05) is 13.7 Å². The van der Waals surface area contributed by atoms with E-state index in [1.54, 1.807) is 7.05 Å². The van der Waals surface area contributed by atoms with Crippen molar-refractivity contribution >= 4 is 23.7 Å². The molecule has 3 aromatic carbocycles. The highest BCUT2D eigenvalue weighted by Gasteiger charge is 2.34. The second-order valence-corrected chi connectivity index (χ2v) is 10.5. The number of aryl methyl sites for hydroxylation is 1. The number of hydrogen-bond acceptors (Lipinski definition) is 4. The van der Waals surface area contributed by atoms with Crippen LogP contribution in [0.25, 0.3) is 11.1 Å². The maximum Gasteiger partial charge on any atom is 0.410 e. The molecule has 1 amide bonds. The molecular formula is C30H32ClNO4. The first-order chi connectivity index (χ1) is 17.2. The first kappa shape index (κ1) is 25.8. The number of benzene rings is 3. The van der Waals surface area contributed by atoms with Crippen LogP contribution in [0.1, 0.15) is 49.8 Å². The van der Waals surface area contributed by atoms with E-state index in [1.807, 2.05) is 69.3 Å². The van der Waals surface area contributed by atoms with Crippen LogP contribution in [0, 0.1) is 0 Å². The first-order valence-electron chi connectivity index (χ1n) is 12.2. The first-order valence-corrected chi connectivity index (χ1v) is 12.6. The summed E-state index contributed by atoms with van der Waals surface area (Å²) in [5, 5.41) is 0.629. The number of hydrogen-bond donors (Lipinski definition) is 0. The molecule has 4 rings (SSSR count). The molecule has 1 aliphatic rings. The molecule has 3 aromatic rings. The Labute approximate surface area is 218 Å². The van der Waals surface area contributed by atoms with E-state index in [-0.39, 0.29) is 12.5 Å². The maximum atomic E-state index is 13.2. The minimum atomic E-state index is -0.809. The Balaban J connectivity index is 1.49. The Kier molecular flexibility index (Phi) is 7.70. The lowest BCUT2D eigenvalue weighted by Crippen LogP contribution is -2.46. The highest BCUT2D eigenvalue weighted by Crippen LogP contribution is 2.44. The van der Waals surface area contributed by atoms with E-state index in [4.69, 9.17) is 21.1 Å². The van der Waals surface area contributed by atoms with Gasteiger partial charge in [-0.25, -0.2) is 9.59 Å². The van der Waals surface area contributed by atoms with Crippen molar-refractivity contribution in [3.8, 4) is 11.1 Å². The van der Waals surface area contributed by atoms with E-state index in [2.05, 4.69) is 24.3 Å². The summed E-state index contributed by atoms with van der Waals surface area (Å²) in [6, 6.07) is 23.0. The molecule has 0 spiro atoms. The molecule has 0 saturated heterocycles. The van der Waals surface area contributed by atoms with Gasteiger partial charge in [-0.05, 0) is 67.5 Å². The molecule has 1 aliphatic carbocycles. The van der Waals surface area contributed by atoms with Crippen LogP contribution in [0.15, 0.2) is 72.8 Å². The summed E-state index contributed by atoms with van der Waals surface area (Å²) in [5.74, 6) is -0.525. The predicted octanol–water partition coefficient (Wildman–Crippen LogP) is 6.86. The molecule has 0 aliphatic heterocycles. The Morgan fingerprint density at radius 1 is 0.917 bits per heavy atom. The third-order valence-electron chi connectivity index (χ3n) is 6.42. The molecule has 1 unspecified atom stereocenters. The molecule has 0 heterocycles. The summed E-state index contributed by atoms with van der Waals surface area (Å²) in [6.45, 7) is 5.61. The highest BCUT2D eigenvalue weighted by atomic mass is 35.5. The lowest BCUT2D eigenvalue weighted by molar-refractivity contribution is -0.160. The molecule has 0 bridgehead atoms. The summed E-state index contributed by atoms with van der Waals surface area (Å²) in [4.78, 5) is 27.6. The van der Waals surface area contributed by atoms with Crippen LogP contribution >= 0.6 is 11.6 Å². The van der Waals surface area contributed by atoms with Crippen molar-refractivity contribution in [2.45, 2.75) is 51.2 Å². The number of carbonyl (C=O) groups excluding carboxylic acids is 2. The minimum Gasteiger partial charge on any atom is -0.458 e. The van der Waals surface area contributed by atoms with Crippen molar-refractivity contribution in [1.29, 1.82) is 0 Å². The van der Waals surface area contributed by atoms with Gasteiger partial charge in [0.05, 0.1) is 0 Å². The van der Waals surface area contributed by atoms with Gasteiger partial charge in [0.15, 0.2) is 0 Å². The fourth-order valence-corrected chi connectivity index (χ4v) is 4.89. The van der Waals surface area contributed by atoms with E-state index < -0.39 is 23.7 Å². The van der Waals surface area contributed by atoms with Crippen LogP contribution in [0.5, 0.6) is 0 Å². The zero-order valence-corrected chi connectivity index (χ0v) is 21.9. The summed E-state index contributed by atoms with van der Waals surface area (Å²) >= 11 is 6.32. The molecule has 6 heteroatoms. The molecular weight excluding hydrogens is 474 g/mol. The Morgan fingerprint density at radius 2 is 1.47 bits per heavy atom. The van der Waals surface area contributed by atoms with Gasteiger partial charge in [-0.15, -0.1) is 0 Å². The molecule has 188 valence electrons. The molecule has 5 nitrogen and oxygen atoms in total. The van der Waals surface area contributed by atoms with Crippen molar-refractivity contribution in [3.05, 3.63) is 94.5 Å². The van der Waals surface area contributed by atoms with Crippen LogP contribution in [0.4, 0.5) is 4.79 Å². The van der Waals surface area contributed by atoms with Crippen LogP contribution in [-0.4, -0.2) is 42.3 Å². The minimum absolute atomic E-state index is 0.0575. The van der Waals surface area contributed by atoms with E-state index in [9.17, 15) is 9.59 Å². The van der Waals surface area contributed by atoms with Gasteiger partial charge in [-0.2, -0.15) is 0 Å². The molecule has 0 saturated carbocycles. The highest BCUT2D eigenvalue weighted by molar-refractivity contribution is 6.31. The molecule has 0 N–H and O–H groups in total. The second kappa shape index (κ2) is 10.8. The predicted molar refractivity (Wildman–Crippen MR) is 142 cm³/mol. The quantitative estimate of drug-likeness (QED) is 0.329. The SMILES string of the molecule is CN(C(=O)OCC1c2ccccc2-c2ccccc21)C(CCc1ccccc1Cl)C(=O)OC(C)(C)C. The van der Waals surface area contributed by atoms with Crippen LogP contribution in [-0.2, 0) is 20.7 Å². The Hall–Kier alpha value is -3.31. The smallest absolute Gasteiger partial charge is 0.410 e. The molecule has 0 aromatic heterocycles. The number of esters is 1. The second-order valence-electron chi connectivity index (χ2n) is 10.1. The van der Waals surface area contributed by atoms with Gasteiger partial charge in [0.25, 0.3) is 0 Å². The van der Waals surface area contributed by atoms with Gasteiger partial charge < -0.3 is 9.47 Å². The van der Waals surface area contributed by atoms with E-state index in [1.165, 1.54) is 4.90 Å². The van der Waals surface area contributed by atoms with Crippen LogP contribution in [0.3, 0.4) is 0 Å². The number of halogens is 1. The fraction of sp³-hybridized carbons (Fsp3) is 0.333. The zero-order valence-electron chi connectivity index (χ0n) is 21.2. The van der Waals surface area contributed by atoms with Crippen molar-refractivity contribution in [1.82, 2.24) is 4.90 Å². The van der Waals surface area contributed by atoms with E-state index in [0.717, 1.165) is 27.8 Å². The topological polar surface area (TPSA) is 55.8 Å². The Morgan fingerprint density at radius 3 is 2.06 bits per heavy atom. The third-order valence-corrected chi connectivity index (χ3v) is 6.78. The van der Waals surface area contributed by atoms with E-state index >= 15 is 0 Å². The largest absolute Gasteiger partial charge is 0.458 e. The van der Waals surface area contributed by atoms with Crippen molar-refractivity contribution in [2.24, 2.45) is 0 Å². The van der Waals surface area contributed by atoms with Gasteiger partial charge in [-0.1, -0.05) is 78.3 Å². The maximum absolute atomic E-state index is 13.2. The standard InChI is InChI=1S/C30H32ClNO4/c1-30(2,3)36-28(33)27(18-17-20-11-5-10-16-26(20)31)32(4)29(34)35-19-25-23-14-8-6-12-21(23)22-13-7-9-15-24(22)25/h5-16,25,27H,17-19H2,1-4H3. The van der Waals surface area contributed by atoms with Gasteiger partial charge >= 0.3 is 12.1 Å². The number of carbonyl (C=O) groups is 2. The van der Waals surface area contributed by atoms with Crippen molar-refractivity contribution in [3.63, 3.8) is 0 Å². The number of ether oxygens (including phenoxy) is 2. The molecule has 1 atom stereocenters. The fourth-order valence-electron chi connectivity index (χ4n) is 4.66. The van der Waals surface area contributed by atoms with Crippen molar-refractivity contribution < 1.29 is 19.1 Å². The van der Waals surface area contributed by atoms with Gasteiger partial charge in [0.1, 0.15) is 18.2 Å².